The third-order valence-electron chi connectivity index (χ3n) is 5.23. The molecular formula is C14H20N2S. The molecule has 3 heteroatoms. The minimum absolute atomic E-state index is 0.850. The van der Waals surface area contributed by atoms with Crippen molar-refractivity contribution in [3.8, 4) is 0 Å². The number of hydrogen-bond donors (Lipinski definition) is 1. The Hall–Kier alpha value is -0.410. The summed E-state index contributed by atoms with van der Waals surface area (Å²) < 4.78 is 0. The largest absolute Gasteiger partial charge is 0.308 e. The normalized spacial score (nSPS) is 41.9. The Morgan fingerprint density at radius 1 is 1.24 bits per heavy atom. The van der Waals surface area contributed by atoms with Crippen LogP contribution in [0.15, 0.2) is 0 Å². The molecule has 4 unspecified atom stereocenters. The molecular weight excluding hydrogens is 228 g/mol. The van der Waals surface area contributed by atoms with Gasteiger partial charge in [-0.15, -0.1) is 11.3 Å². The molecule has 3 aliphatic carbocycles. The number of hydrogen-bond acceptors (Lipinski definition) is 3. The predicted molar refractivity (Wildman–Crippen MR) is 70.0 cm³/mol. The fraction of sp³-hybridized carbons (Fsp3) is 0.786. The molecule has 2 nitrogen and oxygen atoms in total. The van der Waals surface area contributed by atoms with Gasteiger partial charge in [0.1, 0.15) is 0 Å². The molecule has 3 saturated carbocycles. The van der Waals surface area contributed by atoms with Crippen molar-refractivity contribution in [3.63, 3.8) is 0 Å². The molecule has 1 N–H and O–H groups in total. The van der Waals surface area contributed by atoms with Crippen LogP contribution < -0.4 is 5.32 Å². The monoisotopic (exact) mass is 248 g/mol. The Labute approximate surface area is 107 Å². The van der Waals surface area contributed by atoms with Gasteiger partial charge in [0.25, 0.3) is 0 Å². The summed E-state index contributed by atoms with van der Waals surface area (Å²) in [6, 6.07) is 0.850. The maximum atomic E-state index is 4.50. The number of nitrogens with one attached hydrogen (secondary N) is 1. The second kappa shape index (κ2) is 3.55. The highest BCUT2D eigenvalue weighted by Gasteiger charge is 2.64. The summed E-state index contributed by atoms with van der Waals surface area (Å²) in [7, 11) is 0. The molecule has 17 heavy (non-hydrogen) atoms. The van der Waals surface area contributed by atoms with Crippen LogP contribution in [0.4, 0.5) is 0 Å². The lowest BCUT2D eigenvalue weighted by atomic mass is 10.0. The van der Waals surface area contributed by atoms with Gasteiger partial charge in [-0.1, -0.05) is 0 Å². The number of nitrogens with zero attached hydrogens (tertiary/aromatic N) is 1. The summed E-state index contributed by atoms with van der Waals surface area (Å²) in [5.74, 6) is 4.24. The maximum Gasteiger partial charge on any atom is 0.0900 e. The zero-order valence-corrected chi connectivity index (χ0v) is 11.4. The summed E-state index contributed by atoms with van der Waals surface area (Å²) in [6.07, 6.45) is 4.58. The van der Waals surface area contributed by atoms with Gasteiger partial charge in [-0.25, -0.2) is 4.98 Å². The van der Waals surface area contributed by atoms with Crippen molar-refractivity contribution < 1.29 is 0 Å². The average molecular weight is 248 g/mol. The summed E-state index contributed by atoms with van der Waals surface area (Å²) in [4.78, 5) is 5.95. The molecule has 3 aliphatic rings. The molecule has 1 heterocycles. The van der Waals surface area contributed by atoms with Crippen LogP contribution in [-0.2, 0) is 6.54 Å². The fourth-order valence-electron chi connectivity index (χ4n) is 4.55. The smallest absolute Gasteiger partial charge is 0.0900 e. The van der Waals surface area contributed by atoms with Gasteiger partial charge >= 0.3 is 0 Å². The Kier molecular flexibility index (Phi) is 2.19. The van der Waals surface area contributed by atoms with Gasteiger partial charge in [0.05, 0.1) is 10.7 Å². The first-order chi connectivity index (χ1) is 8.24. The van der Waals surface area contributed by atoms with E-state index in [1.807, 2.05) is 11.3 Å². The number of fused-ring (bicyclic) bond motifs is 5. The first-order valence-electron chi connectivity index (χ1n) is 6.90. The van der Waals surface area contributed by atoms with E-state index < -0.39 is 0 Å². The molecule has 92 valence electrons. The lowest BCUT2D eigenvalue weighted by molar-refractivity contribution is 0.456. The Morgan fingerprint density at radius 2 is 1.94 bits per heavy atom. The van der Waals surface area contributed by atoms with E-state index in [9.17, 15) is 0 Å². The average Bonchev–Trinajstić information content (AvgIpc) is 2.64. The molecule has 2 bridgehead atoms. The van der Waals surface area contributed by atoms with Crippen molar-refractivity contribution >= 4 is 11.3 Å². The van der Waals surface area contributed by atoms with Gasteiger partial charge < -0.3 is 5.32 Å². The SMILES string of the molecule is Cc1nc(C)c(CNC2C3C4CCC(C4)C23)s1. The first-order valence-corrected chi connectivity index (χ1v) is 7.72. The standard InChI is InChI=1S/C14H20N2S/c1-7-11(17-8(2)16-7)6-15-14-12-9-3-4-10(5-9)13(12)14/h9-10,12-15H,3-6H2,1-2H3. The van der Waals surface area contributed by atoms with Crippen LogP contribution in [0.1, 0.15) is 34.8 Å². The summed E-state index contributed by atoms with van der Waals surface area (Å²) in [6.45, 7) is 5.29. The quantitative estimate of drug-likeness (QED) is 0.889. The zero-order valence-electron chi connectivity index (χ0n) is 10.6. The van der Waals surface area contributed by atoms with E-state index in [1.54, 1.807) is 6.42 Å². The summed E-state index contributed by atoms with van der Waals surface area (Å²) in [5.41, 5.74) is 1.23. The van der Waals surface area contributed by atoms with E-state index in [0.29, 0.717) is 0 Å². The minimum Gasteiger partial charge on any atom is -0.308 e. The van der Waals surface area contributed by atoms with Gasteiger partial charge in [-0.3, -0.25) is 0 Å². The number of aromatic nitrogens is 1. The highest BCUT2D eigenvalue weighted by Crippen LogP contribution is 2.65. The van der Waals surface area contributed by atoms with Crippen molar-refractivity contribution in [1.29, 1.82) is 0 Å². The van der Waals surface area contributed by atoms with E-state index >= 15 is 0 Å². The van der Waals surface area contributed by atoms with Crippen LogP contribution in [0.5, 0.6) is 0 Å². The fourth-order valence-corrected chi connectivity index (χ4v) is 5.43. The maximum absolute atomic E-state index is 4.50. The van der Waals surface area contributed by atoms with E-state index in [4.69, 9.17) is 0 Å². The van der Waals surface area contributed by atoms with Crippen molar-refractivity contribution in [3.05, 3.63) is 15.6 Å². The molecule has 4 atom stereocenters. The number of thiazole rings is 1. The predicted octanol–water partition coefficient (Wildman–Crippen LogP) is 2.89. The number of aryl methyl sites for hydroxylation is 2. The second-order valence-corrected chi connectivity index (χ2v) is 7.42. The second-order valence-electron chi connectivity index (χ2n) is 6.14. The minimum atomic E-state index is 0.850. The molecule has 0 aliphatic heterocycles. The van der Waals surface area contributed by atoms with Crippen LogP contribution in [-0.4, -0.2) is 11.0 Å². The topological polar surface area (TPSA) is 24.9 Å². The van der Waals surface area contributed by atoms with Gasteiger partial charge in [0.2, 0.25) is 0 Å². The summed E-state index contributed by atoms with van der Waals surface area (Å²) >= 11 is 1.86. The van der Waals surface area contributed by atoms with Crippen LogP contribution in [0.3, 0.4) is 0 Å². The van der Waals surface area contributed by atoms with Crippen LogP contribution in [0.25, 0.3) is 0 Å². The first kappa shape index (κ1) is 10.5. The van der Waals surface area contributed by atoms with E-state index in [2.05, 4.69) is 24.1 Å². The molecule has 4 rings (SSSR count). The molecule has 0 spiro atoms. The van der Waals surface area contributed by atoms with E-state index in [-0.39, 0.29) is 0 Å². The Bertz CT molecular complexity index is 437. The molecule has 0 amide bonds. The molecule has 1 aromatic heterocycles. The molecule has 0 aromatic carbocycles. The van der Waals surface area contributed by atoms with E-state index in [1.165, 1.54) is 28.4 Å². The third-order valence-corrected chi connectivity index (χ3v) is 6.31. The summed E-state index contributed by atoms with van der Waals surface area (Å²) in [5, 5.41) is 5.00. The van der Waals surface area contributed by atoms with E-state index in [0.717, 1.165) is 36.3 Å². The zero-order chi connectivity index (χ0) is 11.6. The highest BCUT2D eigenvalue weighted by molar-refractivity contribution is 7.11. The highest BCUT2D eigenvalue weighted by atomic mass is 32.1. The van der Waals surface area contributed by atoms with Gasteiger partial charge in [-0.2, -0.15) is 0 Å². The van der Waals surface area contributed by atoms with Crippen molar-refractivity contribution in [2.45, 2.75) is 45.7 Å². The number of rotatable bonds is 3. The van der Waals surface area contributed by atoms with Crippen LogP contribution >= 0.6 is 11.3 Å². The molecule has 0 saturated heterocycles. The van der Waals surface area contributed by atoms with Crippen molar-refractivity contribution in [2.24, 2.45) is 23.7 Å². The molecule has 1 aromatic rings. The van der Waals surface area contributed by atoms with Crippen molar-refractivity contribution in [1.82, 2.24) is 10.3 Å². The van der Waals surface area contributed by atoms with Gasteiger partial charge in [-0.05, 0) is 56.8 Å². The lowest BCUT2D eigenvalue weighted by Crippen LogP contribution is -2.22. The van der Waals surface area contributed by atoms with Crippen molar-refractivity contribution in [2.75, 3.05) is 0 Å². The Balaban J connectivity index is 1.40. The van der Waals surface area contributed by atoms with Gasteiger partial charge in [0.15, 0.2) is 0 Å². The lowest BCUT2D eigenvalue weighted by Gasteiger charge is -2.09. The Morgan fingerprint density at radius 3 is 2.53 bits per heavy atom. The van der Waals surface area contributed by atoms with Gasteiger partial charge in [0, 0.05) is 17.5 Å². The third kappa shape index (κ3) is 1.52. The van der Waals surface area contributed by atoms with Crippen LogP contribution in [0.2, 0.25) is 0 Å². The molecule has 3 fully saturated rings. The molecule has 0 radical (unpaired) electrons. The van der Waals surface area contributed by atoms with Crippen LogP contribution in [0, 0.1) is 37.5 Å².